The molecule has 5 heteroatoms. The van der Waals surface area contributed by atoms with Gasteiger partial charge in [-0.25, -0.2) is 4.79 Å². The van der Waals surface area contributed by atoms with Gasteiger partial charge in [-0.3, -0.25) is 4.79 Å². The Labute approximate surface area is 143 Å². The van der Waals surface area contributed by atoms with E-state index in [9.17, 15) is 9.59 Å². The van der Waals surface area contributed by atoms with E-state index in [0.717, 1.165) is 15.6 Å². The minimum atomic E-state index is -0.588. The van der Waals surface area contributed by atoms with Crippen LogP contribution in [0.1, 0.15) is 15.9 Å². The van der Waals surface area contributed by atoms with E-state index in [2.05, 4.69) is 5.32 Å². The van der Waals surface area contributed by atoms with Crippen molar-refractivity contribution in [3.63, 3.8) is 0 Å². The molecule has 3 rings (SSSR count). The van der Waals surface area contributed by atoms with Crippen LogP contribution in [0.3, 0.4) is 0 Å². The summed E-state index contributed by atoms with van der Waals surface area (Å²) in [5, 5.41) is 5.61. The summed E-state index contributed by atoms with van der Waals surface area (Å²) in [5.41, 5.74) is 1.45. The molecule has 1 heterocycles. The molecule has 0 radical (unpaired) electrons. The molecule has 3 aromatic rings. The maximum Gasteiger partial charge on any atom is 0.354 e. The molecular weight excluding hydrogens is 322 g/mol. The summed E-state index contributed by atoms with van der Waals surface area (Å²) in [6.07, 6.45) is 1.64. The van der Waals surface area contributed by atoms with Crippen LogP contribution in [0.2, 0.25) is 0 Å². The number of hydrogen-bond donors (Lipinski definition) is 1. The molecule has 1 amide bonds. The van der Waals surface area contributed by atoms with Crippen molar-refractivity contribution < 1.29 is 14.3 Å². The Morgan fingerprint density at radius 3 is 2.50 bits per heavy atom. The van der Waals surface area contributed by atoms with Crippen LogP contribution < -0.4 is 5.32 Å². The standard InChI is InChI=1S/C19H15NO3S/c1-23-19(22)16(20-18(21)13-7-3-2-4-8-13)11-14-12-24-17-10-6-5-9-15(14)17/h2-12H,1H3,(H,20,21)/b16-11-. The number of amides is 1. The predicted octanol–water partition coefficient (Wildman–Crippen LogP) is 3.85. The van der Waals surface area contributed by atoms with Gasteiger partial charge in [-0.15, -0.1) is 11.3 Å². The van der Waals surface area contributed by atoms with Crippen LogP contribution in [-0.2, 0) is 9.53 Å². The maximum absolute atomic E-state index is 12.3. The van der Waals surface area contributed by atoms with Crippen LogP contribution in [0.25, 0.3) is 16.2 Å². The Kier molecular flexibility index (Phi) is 4.72. The van der Waals surface area contributed by atoms with Gasteiger partial charge in [0.05, 0.1) is 7.11 Å². The maximum atomic E-state index is 12.3. The molecule has 0 saturated heterocycles. The largest absolute Gasteiger partial charge is 0.464 e. The highest BCUT2D eigenvalue weighted by atomic mass is 32.1. The molecule has 0 bridgehead atoms. The molecule has 0 aliphatic carbocycles. The topological polar surface area (TPSA) is 55.4 Å². The Hall–Kier alpha value is -2.92. The number of benzene rings is 2. The summed E-state index contributed by atoms with van der Waals surface area (Å²) in [7, 11) is 1.29. The van der Waals surface area contributed by atoms with Gasteiger partial charge >= 0.3 is 5.97 Å². The van der Waals surface area contributed by atoms with Gasteiger partial charge < -0.3 is 10.1 Å². The zero-order valence-corrected chi connectivity index (χ0v) is 13.8. The number of carbonyl (C=O) groups excluding carboxylic acids is 2. The van der Waals surface area contributed by atoms with E-state index in [1.165, 1.54) is 7.11 Å². The van der Waals surface area contributed by atoms with E-state index in [-0.39, 0.29) is 11.6 Å². The quantitative estimate of drug-likeness (QED) is 0.581. The number of thiophene rings is 1. The predicted molar refractivity (Wildman–Crippen MR) is 95.7 cm³/mol. The Balaban J connectivity index is 1.95. The van der Waals surface area contributed by atoms with Crippen molar-refractivity contribution in [2.24, 2.45) is 0 Å². The van der Waals surface area contributed by atoms with Crippen molar-refractivity contribution in [3.8, 4) is 0 Å². The van der Waals surface area contributed by atoms with Crippen molar-refractivity contribution in [3.05, 3.63) is 76.8 Å². The van der Waals surface area contributed by atoms with Gasteiger partial charge in [0.1, 0.15) is 5.70 Å². The van der Waals surface area contributed by atoms with Crippen LogP contribution in [0.15, 0.2) is 65.7 Å². The first kappa shape index (κ1) is 16.0. The first-order valence-corrected chi connectivity index (χ1v) is 8.19. The van der Waals surface area contributed by atoms with Crippen molar-refractivity contribution in [1.82, 2.24) is 5.32 Å². The Morgan fingerprint density at radius 2 is 1.75 bits per heavy atom. The number of nitrogens with one attached hydrogen (secondary N) is 1. The Bertz CT molecular complexity index is 913. The minimum absolute atomic E-state index is 0.106. The number of ether oxygens (including phenoxy) is 1. The smallest absolute Gasteiger partial charge is 0.354 e. The van der Waals surface area contributed by atoms with Crippen molar-refractivity contribution in [2.45, 2.75) is 0 Å². The molecule has 0 saturated carbocycles. The molecule has 24 heavy (non-hydrogen) atoms. The molecular formula is C19H15NO3S. The number of carbonyl (C=O) groups is 2. The molecule has 4 nitrogen and oxygen atoms in total. The number of hydrogen-bond acceptors (Lipinski definition) is 4. The van der Waals surface area contributed by atoms with Crippen LogP contribution in [0.4, 0.5) is 0 Å². The zero-order valence-electron chi connectivity index (χ0n) is 13.0. The van der Waals surface area contributed by atoms with E-state index in [4.69, 9.17) is 4.74 Å². The first-order valence-electron chi connectivity index (χ1n) is 7.31. The van der Waals surface area contributed by atoms with E-state index in [1.807, 2.05) is 35.7 Å². The third-order valence-electron chi connectivity index (χ3n) is 3.50. The second-order valence-corrected chi connectivity index (χ2v) is 5.97. The van der Waals surface area contributed by atoms with Gasteiger partial charge in [-0.2, -0.15) is 0 Å². The van der Waals surface area contributed by atoms with Crippen molar-refractivity contribution in [2.75, 3.05) is 7.11 Å². The molecule has 2 aromatic carbocycles. The summed E-state index contributed by atoms with van der Waals surface area (Å²) in [6, 6.07) is 16.6. The van der Waals surface area contributed by atoms with Gasteiger partial charge in [0.2, 0.25) is 0 Å². The lowest BCUT2D eigenvalue weighted by Crippen LogP contribution is -2.28. The van der Waals surface area contributed by atoms with Crippen LogP contribution in [-0.4, -0.2) is 19.0 Å². The van der Waals surface area contributed by atoms with Gasteiger partial charge in [0.25, 0.3) is 5.91 Å². The average molecular weight is 337 g/mol. The van der Waals surface area contributed by atoms with E-state index < -0.39 is 5.97 Å². The molecule has 0 atom stereocenters. The fourth-order valence-corrected chi connectivity index (χ4v) is 3.22. The molecule has 0 fully saturated rings. The van der Waals surface area contributed by atoms with Gasteiger partial charge in [0.15, 0.2) is 0 Å². The first-order chi connectivity index (χ1) is 11.7. The lowest BCUT2D eigenvalue weighted by Gasteiger charge is -2.08. The van der Waals surface area contributed by atoms with Gasteiger partial charge in [-0.05, 0) is 40.6 Å². The SMILES string of the molecule is COC(=O)/C(=C/c1csc2ccccc12)NC(=O)c1ccccc1. The number of esters is 1. The van der Waals surface area contributed by atoms with Crippen LogP contribution in [0, 0.1) is 0 Å². The molecule has 0 spiro atoms. The number of methoxy groups -OCH3 is 1. The van der Waals surface area contributed by atoms with E-state index in [1.54, 1.807) is 41.7 Å². The average Bonchev–Trinajstić information content (AvgIpc) is 3.04. The highest BCUT2D eigenvalue weighted by molar-refractivity contribution is 7.17. The minimum Gasteiger partial charge on any atom is -0.464 e. The summed E-state index contributed by atoms with van der Waals surface area (Å²) < 4.78 is 5.90. The molecule has 0 aliphatic rings. The second kappa shape index (κ2) is 7.10. The third kappa shape index (κ3) is 3.36. The lowest BCUT2D eigenvalue weighted by atomic mass is 10.1. The van der Waals surface area contributed by atoms with Crippen LogP contribution in [0.5, 0.6) is 0 Å². The highest BCUT2D eigenvalue weighted by Crippen LogP contribution is 2.27. The third-order valence-corrected chi connectivity index (χ3v) is 4.48. The molecule has 1 aromatic heterocycles. The van der Waals surface area contributed by atoms with Crippen molar-refractivity contribution >= 4 is 39.4 Å². The van der Waals surface area contributed by atoms with E-state index >= 15 is 0 Å². The summed E-state index contributed by atoms with van der Waals surface area (Å²) in [4.78, 5) is 24.3. The molecule has 0 aliphatic heterocycles. The summed E-state index contributed by atoms with van der Waals surface area (Å²) >= 11 is 1.58. The van der Waals surface area contributed by atoms with Gasteiger partial charge in [0, 0.05) is 10.3 Å². The normalized spacial score (nSPS) is 11.3. The lowest BCUT2D eigenvalue weighted by molar-refractivity contribution is -0.136. The fraction of sp³-hybridized carbons (Fsp3) is 0.0526. The van der Waals surface area contributed by atoms with Gasteiger partial charge in [-0.1, -0.05) is 36.4 Å². The Morgan fingerprint density at radius 1 is 1.04 bits per heavy atom. The number of fused-ring (bicyclic) bond motifs is 1. The fourth-order valence-electron chi connectivity index (χ4n) is 2.31. The van der Waals surface area contributed by atoms with Crippen molar-refractivity contribution in [1.29, 1.82) is 0 Å². The van der Waals surface area contributed by atoms with Crippen LogP contribution >= 0.6 is 11.3 Å². The molecule has 1 N–H and O–H groups in total. The van der Waals surface area contributed by atoms with E-state index in [0.29, 0.717) is 5.56 Å². The monoisotopic (exact) mass is 337 g/mol. The molecule has 120 valence electrons. The summed E-state index contributed by atoms with van der Waals surface area (Å²) in [5.74, 6) is -0.943. The second-order valence-electron chi connectivity index (χ2n) is 5.06. The molecule has 0 unspecified atom stereocenters. The summed E-state index contributed by atoms with van der Waals surface area (Å²) in [6.45, 7) is 0. The number of rotatable bonds is 4. The highest BCUT2D eigenvalue weighted by Gasteiger charge is 2.15. The zero-order chi connectivity index (χ0) is 16.9.